The Bertz CT molecular complexity index is 533. The van der Waals surface area contributed by atoms with Gasteiger partial charge in [-0.25, -0.2) is 4.98 Å². The van der Waals surface area contributed by atoms with E-state index >= 15 is 0 Å². The van der Waals surface area contributed by atoms with Crippen molar-refractivity contribution in [2.75, 3.05) is 6.61 Å². The van der Waals surface area contributed by atoms with E-state index in [-0.39, 0.29) is 0 Å². The summed E-state index contributed by atoms with van der Waals surface area (Å²) in [6.07, 6.45) is 2.98. The molecule has 3 heterocycles. The summed E-state index contributed by atoms with van der Waals surface area (Å²) in [6, 6.07) is 2.09. The van der Waals surface area contributed by atoms with Crippen LogP contribution in [0.4, 0.5) is 0 Å². The van der Waals surface area contributed by atoms with Crippen LogP contribution in [0.25, 0.3) is 5.65 Å². The summed E-state index contributed by atoms with van der Waals surface area (Å²) in [7, 11) is 0. The van der Waals surface area contributed by atoms with E-state index < -0.39 is 0 Å². The fraction of sp³-hybridized carbons (Fsp3) is 0.364. The third-order valence-electron chi connectivity index (χ3n) is 2.77. The first-order valence-electron chi connectivity index (χ1n) is 4.99. The van der Waals surface area contributed by atoms with Gasteiger partial charge in [-0.15, -0.1) is 0 Å². The van der Waals surface area contributed by atoms with Crippen molar-refractivity contribution in [1.82, 2.24) is 9.38 Å². The first kappa shape index (κ1) is 9.36. The number of aryl methyl sites for hydroxylation is 1. The molecule has 4 heteroatoms. The summed E-state index contributed by atoms with van der Waals surface area (Å²) in [6.45, 7) is 3.54. The smallest absolute Gasteiger partial charge is 0.140 e. The second-order valence-electron chi connectivity index (χ2n) is 3.84. The van der Waals surface area contributed by atoms with Gasteiger partial charge in [-0.05, 0) is 34.5 Å². The molecule has 0 unspecified atom stereocenters. The number of pyridine rings is 1. The van der Waals surface area contributed by atoms with Gasteiger partial charge in [0.2, 0.25) is 0 Å². The van der Waals surface area contributed by atoms with Crippen molar-refractivity contribution in [2.24, 2.45) is 0 Å². The highest BCUT2D eigenvalue weighted by molar-refractivity contribution is 9.10. The molecule has 0 radical (unpaired) electrons. The lowest BCUT2D eigenvalue weighted by Crippen LogP contribution is -2.10. The molecule has 1 aliphatic heterocycles. The molecule has 0 N–H and O–H groups in total. The number of halogens is 1. The Hall–Kier alpha value is -0.870. The number of ether oxygens (including phenoxy) is 1. The van der Waals surface area contributed by atoms with Crippen LogP contribution < -0.4 is 0 Å². The third-order valence-corrected chi connectivity index (χ3v) is 3.21. The van der Waals surface area contributed by atoms with Crippen LogP contribution in [0.15, 0.2) is 16.7 Å². The summed E-state index contributed by atoms with van der Waals surface area (Å²) < 4.78 is 8.68. The van der Waals surface area contributed by atoms with Crippen LogP contribution in [-0.4, -0.2) is 16.0 Å². The van der Waals surface area contributed by atoms with Gasteiger partial charge in [0, 0.05) is 17.1 Å². The highest BCUT2D eigenvalue weighted by Gasteiger charge is 2.17. The molecule has 0 atom stereocenters. The lowest BCUT2D eigenvalue weighted by molar-refractivity contribution is 0.106. The summed E-state index contributed by atoms with van der Waals surface area (Å²) >= 11 is 3.51. The van der Waals surface area contributed by atoms with E-state index in [1.165, 1.54) is 17.0 Å². The van der Waals surface area contributed by atoms with Crippen LogP contribution in [0.1, 0.15) is 17.0 Å². The average Bonchev–Trinajstić information content (AvgIpc) is 2.57. The van der Waals surface area contributed by atoms with E-state index in [1.807, 2.05) is 0 Å². The fourth-order valence-corrected chi connectivity index (χ4v) is 2.60. The zero-order valence-corrected chi connectivity index (χ0v) is 10.0. The predicted octanol–water partition coefficient (Wildman–Crippen LogP) is 2.48. The molecule has 0 bridgehead atoms. The second-order valence-corrected chi connectivity index (χ2v) is 4.76. The van der Waals surface area contributed by atoms with E-state index in [1.54, 1.807) is 0 Å². The van der Waals surface area contributed by atoms with Crippen LogP contribution >= 0.6 is 15.9 Å². The average molecular weight is 267 g/mol. The minimum absolute atomic E-state index is 0.673. The van der Waals surface area contributed by atoms with Crippen molar-refractivity contribution in [2.45, 2.75) is 20.0 Å². The van der Waals surface area contributed by atoms with E-state index in [2.05, 4.69) is 44.5 Å². The number of rotatable bonds is 0. The monoisotopic (exact) mass is 266 g/mol. The Balaban J connectivity index is 2.37. The maximum absolute atomic E-state index is 5.47. The summed E-state index contributed by atoms with van der Waals surface area (Å²) in [5.74, 6) is 0. The molecule has 2 aromatic rings. The standard InChI is InChI=1S/C11H11BrN2O/c1-7-4-8(12)5-14-10-6-15-3-2-9(10)13-11(7)14/h4-5H,2-3,6H2,1H3. The van der Waals surface area contributed by atoms with Crippen LogP contribution in [-0.2, 0) is 17.8 Å². The zero-order chi connectivity index (χ0) is 10.4. The predicted molar refractivity (Wildman–Crippen MR) is 61.0 cm³/mol. The Morgan fingerprint density at radius 1 is 1.53 bits per heavy atom. The van der Waals surface area contributed by atoms with E-state index in [0.29, 0.717) is 6.61 Å². The number of nitrogens with zero attached hydrogens (tertiary/aromatic N) is 2. The Morgan fingerprint density at radius 3 is 3.27 bits per heavy atom. The Labute approximate surface area is 96.2 Å². The van der Waals surface area contributed by atoms with Gasteiger partial charge in [0.15, 0.2) is 0 Å². The fourth-order valence-electron chi connectivity index (χ4n) is 2.05. The van der Waals surface area contributed by atoms with Crippen molar-refractivity contribution < 1.29 is 4.74 Å². The SMILES string of the molecule is Cc1cc(Br)cn2c3c(nc12)CCOC3. The van der Waals surface area contributed by atoms with Gasteiger partial charge in [-0.1, -0.05) is 0 Å². The number of aromatic nitrogens is 2. The Morgan fingerprint density at radius 2 is 2.40 bits per heavy atom. The van der Waals surface area contributed by atoms with Gasteiger partial charge >= 0.3 is 0 Å². The van der Waals surface area contributed by atoms with Crippen LogP contribution in [0.2, 0.25) is 0 Å². The molecule has 3 rings (SSSR count). The van der Waals surface area contributed by atoms with E-state index in [4.69, 9.17) is 4.74 Å². The quantitative estimate of drug-likeness (QED) is 0.733. The molecule has 0 spiro atoms. The molecule has 1 aliphatic rings. The summed E-state index contributed by atoms with van der Waals surface area (Å²) in [5, 5.41) is 0. The number of fused-ring (bicyclic) bond motifs is 3. The van der Waals surface area contributed by atoms with Gasteiger partial charge in [0.1, 0.15) is 5.65 Å². The van der Waals surface area contributed by atoms with Gasteiger partial charge in [-0.2, -0.15) is 0 Å². The molecule has 78 valence electrons. The maximum atomic E-state index is 5.47. The number of imidazole rings is 1. The van der Waals surface area contributed by atoms with Crippen molar-refractivity contribution in [3.63, 3.8) is 0 Å². The molecular formula is C11H11BrN2O. The first-order valence-corrected chi connectivity index (χ1v) is 5.79. The Kier molecular flexibility index (Phi) is 2.07. The molecule has 0 aromatic carbocycles. The highest BCUT2D eigenvalue weighted by Crippen LogP contribution is 2.23. The highest BCUT2D eigenvalue weighted by atomic mass is 79.9. The van der Waals surface area contributed by atoms with Crippen LogP contribution in [0.5, 0.6) is 0 Å². The van der Waals surface area contributed by atoms with Crippen molar-refractivity contribution in [1.29, 1.82) is 0 Å². The number of hydrogen-bond acceptors (Lipinski definition) is 2. The molecule has 0 saturated heterocycles. The van der Waals surface area contributed by atoms with Crippen LogP contribution in [0, 0.1) is 6.92 Å². The largest absolute Gasteiger partial charge is 0.375 e. The minimum atomic E-state index is 0.673. The van der Waals surface area contributed by atoms with Gasteiger partial charge in [-0.3, -0.25) is 0 Å². The van der Waals surface area contributed by atoms with Crippen molar-refractivity contribution in [3.8, 4) is 0 Å². The molecule has 0 fully saturated rings. The normalized spacial score (nSPS) is 15.6. The zero-order valence-electron chi connectivity index (χ0n) is 8.46. The van der Waals surface area contributed by atoms with E-state index in [0.717, 1.165) is 23.1 Å². The van der Waals surface area contributed by atoms with Crippen molar-refractivity contribution >= 4 is 21.6 Å². The molecule has 0 aliphatic carbocycles. The summed E-state index contributed by atoms with van der Waals surface area (Å²) in [4.78, 5) is 4.66. The van der Waals surface area contributed by atoms with Gasteiger partial charge < -0.3 is 9.14 Å². The second kappa shape index (κ2) is 3.32. The lowest BCUT2D eigenvalue weighted by Gasteiger charge is -2.11. The molecule has 2 aromatic heterocycles. The molecule has 3 nitrogen and oxygen atoms in total. The van der Waals surface area contributed by atoms with Crippen molar-refractivity contribution in [3.05, 3.63) is 33.7 Å². The maximum Gasteiger partial charge on any atom is 0.140 e. The topological polar surface area (TPSA) is 26.5 Å². The molecule has 15 heavy (non-hydrogen) atoms. The molecule has 0 amide bonds. The lowest BCUT2D eigenvalue weighted by atomic mass is 10.2. The van der Waals surface area contributed by atoms with Gasteiger partial charge in [0.05, 0.1) is 24.6 Å². The summed E-state index contributed by atoms with van der Waals surface area (Å²) in [5.41, 5.74) is 4.62. The number of hydrogen-bond donors (Lipinski definition) is 0. The molecular weight excluding hydrogens is 256 g/mol. The third kappa shape index (κ3) is 1.40. The van der Waals surface area contributed by atoms with E-state index in [9.17, 15) is 0 Å². The van der Waals surface area contributed by atoms with Crippen LogP contribution in [0.3, 0.4) is 0 Å². The minimum Gasteiger partial charge on any atom is -0.375 e. The van der Waals surface area contributed by atoms with Gasteiger partial charge in [0.25, 0.3) is 0 Å². The molecule has 0 saturated carbocycles. The first-order chi connectivity index (χ1) is 7.25.